The average molecular weight is 277 g/mol. The van der Waals surface area contributed by atoms with Gasteiger partial charge in [0.1, 0.15) is 0 Å². The van der Waals surface area contributed by atoms with Crippen molar-refractivity contribution in [2.75, 3.05) is 11.9 Å². The SMILES string of the molecule is Cc1ccnc(NCCCCC(F)(F)F)c1[N+](=O)[O-]. The zero-order valence-corrected chi connectivity index (χ0v) is 10.3. The third kappa shape index (κ3) is 5.11. The summed E-state index contributed by atoms with van der Waals surface area (Å²) in [6, 6.07) is 1.51. The Bertz CT molecular complexity index is 449. The van der Waals surface area contributed by atoms with Crippen LogP contribution in [0.5, 0.6) is 0 Å². The number of nitrogens with one attached hydrogen (secondary N) is 1. The molecule has 8 heteroatoms. The van der Waals surface area contributed by atoms with E-state index in [0.29, 0.717) is 5.56 Å². The van der Waals surface area contributed by atoms with E-state index in [0.717, 1.165) is 0 Å². The minimum Gasteiger partial charge on any atom is -0.364 e. The van der Waals surface area contributed by atoms with Gasteiger partial charge in [-0.15, -0.1) is 0 Å². The number of aromatic nitrogens is 1. The maximum absolute atomic E-state index is 11.9. The molecule has 1 aromatic rings. The van der Waals surface area contributed by atoms with Crippen molar-refractivity contribution in [2.24, 2.45) is 0 Å². The molecule has 0 saturated carbocycles. The molecule has 5 nitrogen and oxygen atoms in total. The van der Waals surface area contributed by atoms with Crippen molar-refractivity contribution in [2.45, 2.75) is 32.4 Å². The Morgan fingerprint density at radius 2 is 2.11 bits per heavy atom. The van der Waals surface area contributed by atoms with Gasteiger partial charge < -0.3 is 5.32 Å². The van der Waals surface area contributed by atoms with Crippen molar-refractivity contribution in [1.82, 2.24) is 4.98 Å². The second-order valence-electron chi connectivity index (χ2n) is 4.08. The maximum Gasteiger partial charge on any atom is 0.389 e. The summed E-state index contributed by atoms with van der Waals surface area (Å²) >= 11 is 0. The van der Waals surface area contributed by atoms with Crippen LogP contribution in [0.3, 0.4) is 0 Å². The zero-order chi connectivity index (χ0) is 14.5. The van der Waals surface area contributed by atoms with Crippen molar-refractivity contribution in [3.05, 3.63) is 27.9 Å². The fraction of sp³-hybridized carbons (Fsp3) is 0.545. The highest BCUT2D eigenvalue weighted by atomic mass is 19.4. The van der Waals surface area contributed by atoms with Gasteiger partial charge in [0.15, 0.2) is 0 Å². The minimum absolute atomic E-state index is 0.0177. The van der Waals surface area contributed by atoms with Crippen molar-refractivity contribution in [3.63, 3.8) is 0 Å². The van der Waals surface area contributed by atoms with E-state index < -0.39 is 17.5 Å². The third-order valence-corrected chi connectivity index (χ3v) is 2.49. The van der Waals surface area contributed by atoms with E-state index in [9.17, 15) is 23.3 Å². The smallest absolute Gasteiger partial charge is 0.364 e. The van der Waals surface area contributed by atoms with E-state index in [4.69, 9.17) is 0 Å². The normalized spacial score (nSPS) is 11.4. The molecule has 1 N–H and O–H groups in total. The summed E-state index contributed by atoms with van der Waals surface area (Å²) in [4.78, 5) is 14.1. The van der Waals surface area contributed by atoms with Crippen LogP contribution < -0.4 is 5.32 Å². The molecule has 0 aliphatic rings. The molecule has 0 spiro atoms. The summed E-state index contributed by atoms with van der Waals surface area (Å²) < 4.78 is 35.7. The number of pyridine rings is 1. The number of rotatable bonds is 6. The number of aryl methyl sites for hydroxylation is 1. The molecule has 19 heavy (non-hydrogen) atoms. The van der Waals surface area contributed by atoms with E-state index >= 15 is 0 Å². The first-order valence-corrected chi connectivity index (χ1v) is 5.72. The van der Waals surface area contributed by atoms with Gasteiger partial charge in [-0.1, -0.05) is 0 Å². The van der Waals surface area contributed by atoms with Crippen LogP contribution in [0.25, 0.3) is 0 Å². The van der Waals surface area contributed by atoms with Crippen molar-refractivity contribution in [3.8, 4) is 0 Å². The molecule has 0 atom stereocenters. The molecule has 0 unspecified atom stereocenters. The highest BCUT2D eigenvalue weighted by Gasteiger charge is 2.25. The first-order chi connectivity index (χ1) is 8.81. The molecule has 1 rings (SSSR count). The zero-order valence-electron chi connectivity index (χ0n) is 10.3. The quantitative estimate of drug-likeness (QED) is 0.491. The fourth-order valence-electron chi connectivity index (χ4n) is 1.57. The van der Waals surface area contributed by atoms with Crippen LogP contribution in [-0.2, 0) is 0 Å². The highest BCUT2D eigenvalue weighted by molar-refractivity contribution is 5.59. The predicted octanol–water partition coefficient (Wildman–Crippen LogP) is 3.44. The van der Waals surface area contributed by atoms with Crippen LogP contribution in [0.15, 0.2) is 12.3 Å². The van der Waals surface area contributed by atoms with Crippen molar-refractivity contribution in [1.29, 1.82) is 0 Å². The summed E-state index contributed by atoms with van der Waals surface area (Å²) in [7, 11) is 0. The molecule has 0 fully saturated rings. The average Bonchev–Trinajstić information content (AvgIpc) is 2.26. The fourth-order valence-corrected chi connectivity index (χ4v) is 1.57. The molecular weight excluding hydrogens is 263 g/mol. The molecule has 1 heterocycles. The number of hydrogen-bond donors (Lipinski definition) is 1. The van der Waals surface area contributed by atoms with Gasteiger partial charge >= 0.3 is 11.9 Å². The number of nitro groups is 1. The van der Waals surface area contributed by atoms with Gasteiger partial charge in [-0.3, -0.25) is 10.1 Å². The van der Waals surface area contributed by atoms with E-state index in [2.05, 4.69) is 10.3 Å². The molecular formula is C11H14F3N3O2. The lowest BCUT2D eigenvalue weighted by Gasteiger charge is -2.08. The highest BCUT2D eigenvalue weighted by Crippen LogP contribution is 2.26. The van der Waals surface area contributed by atoms with E-state index in [1.165, 1.54) is 12.3 Å². The number of anilines is 1. The van der Waals surface area contributed by atoms with E-state index in [1.807, 2.05) is 0 Å². The van der Waals surface area contributed by atoms with Crippen LogP contribution in [0.1, 0.15) is 24.8 Å². The number of alkyl halides is 3. The van der Waals surface area contributed by atoms with Crippen molar-refractivity contribution >= 4 is 11.5 Å². The van der Waals surface area contributed by atoms with Crippen LogP contribution in [0.4, 0.5) is 24.7 Å². The first kappa shape index (κ1) is 15.2. The van der Waals surface area contributed by atoms with Gasteiger partial charge in [0.25, 0.3) is 0 Å². The van der Waals surface area contributed by atoms with Crippen LogP contribution in [0.2, 0.25) is 0 Å². The van der Waals surface area contributed by atoms with Gasteiger partial charge in [0.05, 0.1) is 4.92 Å². The van der Waals surface area contributed by atoms with Crippen molar-refractivity contribution < 1.29 is 18.1 Å². The summed E-state index contributed by atoms with van der Waals surface area (Å²) in [5, 5.41) is 13.5. The number of hydrogen-bond acceptors (Lipinski definition) is 4. The molecule has 0 bridgehead atoms. The Morgan fingerprint density at radius 1 is 1.42 bits per heavy atom. The van der Waals surface area contributed by atoms with Crippen LogP contribution >= 0.6 is 0 Å². The van der Waals surface area contributed by atoms with E-state index in [1.54, 1.807) is 6.92 Å². The first-order valence-electron chi connectivity index (χ1n) is 5.72. The van der Waals surface area contributed by atoms with Crippen LogP contribution in [-0.4, -0.2) is 22.6 Å². The molecule has 0 amide bonds. The Hall–Kier alpha value is -1.86. The second kappa shape index (κ2) is 6.35. The number of nitrogens with zero attached hydrogens (tertiary/aromatic N) is 2. The number of unbranched alkanes of at least 4 members (excludes halogenated alkanes) is 1. The minimum atomic E-state index is -4.16. The Labute approximate surface area is 108 Å². The monoisotopic (exact) mass is 277 g/mol. The number of halogens is 3. The van der Waals surface area contributed by atoms with Crippen LogP contribution in [0, 0.1) is 17.0 Å². The Morgan fingerprint density at radius 3 is 2.68 bits per heavy atom. The summed E-state index contributed by atoms with van der Waals surface area (Å²) in [6.07, 6.45) is -3.34. The maximum atomic E-state index is 11.9. The summed E-state index contributed by atoms with van der Waals surface area (Å²) in [6.45, 7) is 1.79. The molecule has 106 valence electrons. The molecule has 0 aliphatic heterocycles. The molecule has 1 aromatic heterocycles. The lowest BCUT2D eigenvalue weighted by atomic mass is 10.2. The van der Waals surface area contributed by atoms with Gasteiger partial charge in [0, 0.05) is 24.7 Å². The Balaban J connectivity index is 2.50. The lowest BCUT2D eigenvalue weighted by Crippen LogP contribution is -2.10. The summed E-state index contributed by atoms with van der Waals surface area (Å²) in [5.41, 5.74) is 0.316. The van der Waals surface area contributed by atoms with Gasteiger partial charge in [-0.05, 0) is 25.8 Å². The molecule has 0 saturated heterocycles. The summed E-state index contributed by atoms with van der Waals surface area (Å²) in [5.74, 6) is 0.0945. The molecule has 0 aliphatic carbocycles. The third-order valence-electron chi connectivity index (χ3n) is 2.49. The predicted molar refractivity (Wildman–Crippen MR) is 64.0 cm³/mol. The lowest BCUT2D eigenvalue weighted by molar-refractivity contribution is -0.384. The largest absolute Gasteiger partial charge is 0.389 e. The second-order valence-corrected chi connectivity index (χ2v) is 4.08. The van der Waals surface area contributed by atoms with E-state index in [-0.39, 0.29) is 30.9 Å². The Kier molecular flexibility index (Phi) is 5.08. The van der Waals surface area contributed by atoms with Gasteiger partial charge in [-0.25, -0.2) is 4.98 Å². The van der Waals surface area contributed by atoms with Gasteiger partial charge in [0.2, 0.25) is 5.82 Å². The topological polar surface area (TPSA) is 68.1 Å². The van der Waals surface area contributed by atoms with Gasteiger partial charge in [-0.2, -0.15) is 13.2 Å². The standard InChI is InChI=1S/C11H14F3N3O2/c1-8-4-7-16-10(9(8)17(18)19)15-6-3-2-5-11(12,13)14/h4,7H,2-3,5-6H2,1H3,(H,15,16). The molecule has 0 aromatic carbocycles. The molecule has 0 radical (unpaired) electrons.